The second kappa shape index (κ2) is 5.25. The molecule has 108 valence electrons. The van der Waals surface area contributed by atoms with Crippen LogP contribution in [0.2, 0.25) is 0 Å². The summed E-state index contributed by atoms with van der Waals surface area (Å²) in [7, 11) is 0. The van der Waals surface area contributed by atoms with Crippen LogP contribution >= 0.6 is 0 Å². The van der Waals surface area contributed by atoms with Gasteiger partial charge in [-0.3, -0.25) is 4.79 Å². The lowest BCUT2D eigenvalue weighted by Gasteiger charge is -2.23. The van der Waals surface area contributed by atoms with Gasteiger partial charge in [0.25, 0.3) is 0 Å². The smallest absolute Gasteiger partial charge is 0.333 e. The van der Waals surface area contributed by atoms with E-state index in [-0.39, 0.29) is 12.6 Å². The summed E-state index contributed by atoms with van der Waals surface area (Å²) in [5.74, 6) is -0.808. The zero-order chi connectivity index (χ0) is 14.9. The van der Waals surface area contributed by atoms with Crippen molar-refractivity contribution in [3.05, 3.63) is 29.3 Å². The standard InChI is InChI=1S/C15H18O5/c1-15(2,3)14(18)20-11-5-4-9-7-12(13(16)17)19-8-10(9)6-11/h4-6,12H,7-8H2,1-3H3,(H,16,17)/t12-/m0/s1. The number of carbonyl (C=O) groups is 2. The van der Waals surface area contributed by atoms with E-state index in [1.807, 2.05) is 0 Å². The summed E-state index contributed by atoms with van der Waals surface area (Å²) >= 11 is 0. The number of esters is 1. The average molecular weight is 278 g/mol. The number of ether oxygens (including phenoxy) is 2. The SMILES string of the molecule is CC(C)(C)C(=O)Oc1ccc2c(c1)CO[C@H](C(=O)O)C2. The van der Waals surface area contributed by atoms with Gasteiger partial charge in [0.1, 0.15) is 5.75 Å². The first kappa shape index (κ1) is 14.5. The van der Waals surface area contributed by atoms with Crippen LogP contribution in [0.1, 0.15) is 31.9 Å². The molecule has 0 amide bonds. The van der Waals surface area contributed by atoms with Gasteiger partial charge in [0.05, 0.1) is 12.0 Å². The highest BCUT2D eigenvalue weighted by Gasteiger charge is 2.27. The zero-order valence-electron chi connectivity index (χ0n) is 11.8. The Morgan fingerprint density at radius 1 is 1.30 bits per heavy atom. The van der Waals surface area contributed by atoms with Gasteiger partial charge in [-0.2, -0.15) is 0 Å². The summed E-state index contributed by atoms with van der Waals surface area (Å²) in [6.45, 7) is 5.57. The maximum atomic E-state index is 11.8. The molecule has 0 saturated heterocycles. The van der Waals surface area contributed by atoms with Crippen molar-refractivity contribution >= 4 is 11.9 Å². The van der Waals surface area contributed by atoms with E-state index in [1.165, 1.54) is 0 Å². The van der Waals surface area contributed by atoms with E-state index >= 15 is 0 Å². The number of carboxylic acid groups (broad SMARTS) is 1. The molecule has 0 saturated carbocycles. The molecule has 20 heavy (non-hydrogen) atoms. The van der Waals surface area contributed by atoms with Crippen molar-refractivity contribution in [2.45, 2.75) is 39.9 Å². The fraction of sp³-hybridized carbons (Fsp3) is 0.467. The third-order valence-corrected chi connectivity index (χ3v) is 3.12. The average Bonchev–Trinajstić information content (AvgIpc) is 2.36. The lowest BCUT2D eigenvalue weighted by Crippen LogP contribution is -2.30. The molecule has 0 spiro atoms. The van der Waals surface area contributed by atoms with Crippen molar-refractivity contribution in [3.8, 4) is 5.75 Å². The highest BCUT2D eigenvalue weighted by molar-refractivity contribution is 5.78. The van der Waals surface area contributed by atoms with Crippen LogP contribution in [0.5, 0.6) is 5.75 Å². The Hall–Kier alpha value is -1.88. The molecule has 2 rings (SSSR count). The molecule has 5 nitrogen and oxygen atoms in total. The molecule has 0 aromatic heterocycles. The van der Waals surface area contributed by atoms with E-state index in [9.17, 15) is 9.59 Å². The summed E-state index contributed by atoms with van der Waals surface area (Å²) in [6, 6.07) is 5.21. The molecule has 5 heteroatoms. The van der Waals surface area contributed by atoms with Crippen LogP contribution in [-0.4, -0.2) is 23.1 Å². The fourth-order valence-electron chi connectivity index (χ4n) is 1.87. The van der Waals surface area contributed by atoms with E-state index in [0.717, 1.165) is 11.1 Å². The predicted molar refractivity (Wildman–Crippen MR) is 71.4 cm³/mol. The van der Waals surface area contributed by atoms with Crippen LogP contribution in [0, 0.1) is 5.41 Å². The Morgan fingerprint density at radius 3 is 2.60 bits per heavy atom. The van der Waals surface area contributed by atoms with Crippen LogP contribution in [0.15, 0.2) is 18.2 Å². The van der Waals surface area contributed by atoms with Crippen molar-refractivity contribution in [3.63, 3.8) is 0 Å². The summed E-state index contributed by atoms with van der Waals surface area (Å²) in [5, 5.41) is 8.93. The number of carbonyl (C=O) groups excluding carboxylic acids is 1. The quantitative estimate of drug-likeness (QED) is 0.663. The Morgan fingerprint density at radius 2 is 2.00 bits per heavy atom. The third-order valence-electron chi connectivity index (χ3n) is 3.12. The van der Waals surface area contributed by atoms with Gasteiger partial charge >= 0.3 is 11.9 Å². The van der Waals surface area contributed by atoms with Gasteiger partial charge in [0, 0.05) is 6.42 Å². The van der Waals surface area contributed by atoms with Crippen molar-refractivity contribution in [1.29, 1.82) is 0 Å². The van der Waals surface area contributed by atoms with E-state index in [0.29, 0.717) is 12.2 Å². The summed E-state index contributed by atoms with van der Waals surface area (Å²) < 4.78 is 10.6. The number of aliphatic carboxylic acids is 1. The van der Waals surface area contributed by atoms with Gasteiger partial charge in [0.15, 0.2) is 6.10 Å². The molecule has 0 aliphatic carbocycles. The Balaban J connectivity index is 2.14. The third kappa shape index (κ3) is 3.17. The molecule has 1 aromatic rings. The lowest BCUT2D eigenvalue weighted by molar-refractivity contribution is -0.152. The van der Waals surface area contributed by atoms with Crippen molar-refractivity contribution in [2.24, 2.45) is 5.41 Å². The molecule has 1 aromatic carbocycles. The molecular formula is C15H18O5. The molecule has 1 aliphatic rings. The Labute approximate surface area is 117 Å². The number of carboxylic acids is 1. The minimum atomic E-state index is -0.959. The fourth-order valence-corrected chi connectivity index (χ4v) is 1.87. The first-order chi connectivity index (χ1) is 9.27. The summed E-state index contributed by atoms with van der Waals surface area (Å²) in [5.41, 5.74) is 1.21. The minimum absolute atomic E-state index is 0.215. The Kier molecular flexibility index (Phi) is 3.81. The maximum absolute atomic E-state index is 11.8. The van der Waals surface area contributed by atoms with Crippen molar-refractivity contribution in [2.75, 3.05) is 0 Å². The minimum Gasteiger partial charge on any atom is -0.479 e. The largest absolute Gasteiger partial charge is 0.479 e. The van der Waals surface area contributed by atoms with E-state index < -0.39 is 17.5 Å². The number of hydrogen-bond donors (Lipinski definition) is 1. The Bertz CT molecular complexity index is 542. The van der Waals surface area contributed by atoms with Gasteiger partial charge in [-0.1, -0.05) is 6.07 Å². The van der Waals surface area contributed by atoms with Gasteiger partial charge < -0.3 is 14.6 Å². The number of fused-ring (bicyclic) bond motifs is 1. The monoisotopic (exact) mass is 278 g/mol. The number of hydrogen-bond acceptors (Lipinski definition) is 4. The molecule has 1 aliphatic heterocycles. The zero-order valence-corrected chi connectivity index (χ0v) is 11.8. The molecule has 0 unspecified atom stereocenters. The molecule has 0 radical (unpaired) electrons. The van der Waals surface area contributed by atoms with Crippen molar-refractivity contribution < 1.29 is 24.2 Å². The highest BCUT2D eigenvalue weighted by Crippen LogP contribution is 2.26. The van der Waals surface area contributed by atoms with Crippen LogP contribution in [0.25, 0.3) is 0 Å². The first-order valence-electron chi connectivity index (χ1n) is 6.46. The van der Waals surface area contributed by atoms with Crippen LogP contribution in [0.3, 0.4) is 0 Å². The van der Waals surface area contributed by atoms with Gasteiger partial charge in [-0.05, 0) is 44.0 Å². The van der Waals surface area contributed by atoms with Gasteiger partial charge in [0.2, 0.25) is 0 Å². The van der Waals surface area contributed by atoms with Crippen LogP contribution < -0.4 is 4.74 Å². The van der Waals surface area contributed by atoms with Crippen molar-refractivity contribution in [1.82, 2.24) is 0 Å². The summed E-state index contributed by atoms with van der Waals surface area (Å²) in [4.78, 5) is 22.7. The number of rotatable bonds is 2. The van der Waals surface area contributed by atoms with Gasteiger partial charge in [-0.25, -0.2) is 4.79 Å². The lowest BCUT2D eigenvalue weighted by atomic mass is 9.97. The van der Waals surface area contributed by atoms with E-state index in [4.69, 9.17) is 14.6 Å². The van der Waals surface area contributed by atoms with E-state index in [2.05, 4.69) is 0 Å². The van der Waals surface area contributed by atoms with Crippen LogP contribution in [0.4, 0.5) is 0 Å². The second-order valence-electron chi connectivity index (χ2n) is 5.91. The topological polar surface area (TPSA) is 72.8 Å². The normalized spacial score (nSPS) is 18.2. The first-order valence-corrected chi connectivity index (χ1v) is 6.46. The molecule has 1 atom stereocenters. The molecular weight excluding hydrogens is 260 g/mol. The molecule has 1 heterocycles. The predicted octanol–water partition coefficient (Wildman–Crippen LogP) is 2.16. The second-order valence-corrected chi connectivity index (χ2v) is 5.91. The summed E-state index contributed by atoms with van der Waals surface area (Å²) in [6.07, 6.45) is -0.469. The maximum Gasteiger partial charge on any atom is 0.333 e. The highest BCUT2D eigenvalue weighted by atomic mass is 16.5. The van der Waals surface area contributed by atoms with E-state index in [1.54, 1.807) is 39.0 Å². The molecule has 0 fully saturated rings. The number of benzene rings is 1. The molecule has 1 N–H and O–H groups in total. The van der Waals surface area contributed by atoms with Crippen LogP contribution in [-0.2, 0) is 27.4 Å². The molecule has 0 bridgehead atoms. The van der Waals surface area contributed by atoms with Gasteiger partial charge in [-0.15, -0.1) is 0 Å².